The van der Waals surface area contributed by atoms with Crippen LogP contribution in [-0.2, 0) is 14.3 Å². The Hall–Kier alpha value is -1.51. The van der Waals surface area contributed by atoms with E-state index in [9.17, 15) is 14.0 Å². The molecule has 6 nitrogen and oxygen atoms in total. The number of hydrogen-bond donors (Lipinski definition) is 2. The molecule has 1 heterocycles. The molecule has 0 spiro atoms. The highest BCUT2D eigenvalue weighted by Crippen LogP contribution is 2.19. The van der Waals surface area contributed by atoms with Crippen LogP contribution in [0.3, 0.4) is 0 Å². The van der Waals surface area contributed by atoms with Crippen LogP contribution in [-0.4, -0.2) is 54.2 Å². The van der Waals surface area contributed by atoms with E-state index in [1.165, 1.54) is 12.1 Å². The number of morpholine rings is 1. The number of aliphatic carboxylic acids is 1. The van der Waals surface area contributed by atoms with Crippen LogP contribution in [0.1, 0.15) is 0 Å². The minimum atomic E-state index is -1.06. The summed E-state index contributed by atoms with van der Waals surface area (Å²) in [7, 11) is 0. The van der Waals surface area contributed by atoms with Gasteiger partial charge in [-0.15, -0.1) is 0 Å². The second kappa shape index (κ2) is 6.97. The van der Waals surface area contributed by atoms with E-state index < -0.39 is 23.8 Å². The summed E-state index contributed by atoms with van der Waals surface area (Å²) in [4.78, 5) is 24.4. The number of carboxylic acids is 1. The van der Waals surface area contributed by atoms with Crippen molar-refractivity contribution in [1.29, 1.82) is 0 Å². The average molecular weight is 361 g/mol. The smallest absolute Gasteiger partial charge is 0.334 e. The van der Waals surface area contributed by atoms with Crippen molar-refractivity contribution < 1.29 is 23.8 Å². The molecule has 2 N–H and O–H groups in total. The standard InChI is InChI=1S/C13H14BrFN2O4/c14-8-1-2-10(9(15)5-8)16-12(18)7-17-3-4-21-11(6-17)13(19)20/h1-2,5,11H,3-4,6-7H2,(H,16,18)(H,19,20). The number of halogens is 2. The molecule has 0 bridgehead atoms. The Balaban J connectivity index is 1.91. The number of carboxylic acid groups (broad SMARTS) is 1. The highest BCUT2D eigenvalue weighted by atomic mass is 79.9. The molecular weight excluding hydrogens is 347 g/mol. The highest BCUT2D eigenvalue weighted by Gasteiger charge is 2.27. The van der Waals surface area contributed by atoms with E-state index in [4.69, 9.17) is 9.84 Å². The number of ether oxygens (including phenoxy) is 1. The van der Waals surface area contributed by atoms with E-state index in [0.29, 0.717) is 11.0 Å². The zero-order valence-corrected chi connectivity index (χ0v) is 12.6. The van der Waals surface area contributed by atoms with Gasteiger partial charge in [-0.3, -0.25) is 9.69 Å². The van der Waals surface area contributed by atoms with E-state index in [1.54, 1.807) is 11.0 Å². The molecule has 1 saturated heterocycles. The van der Waals surface area contributed by atoms with Gasteiger partial charge in [0.25, 0.3) is 0 Å². The van der Waals surface area contributed by atoms with Gasteiger partial charge in [-0.05, 0) is 18.2 Å². The summed E-state index contributed by atoms with van der Waals surface area (Å²) in [5.41, 5.74) is 0.0891. The van der Waals surface area contributed by atoms with Crippen molar-refractivity contribution in [2.24, 2.45) is 0 Å². The number of anilines is 1. The molecule has 0 aromatic heterocycles. The zero-order chi connectivity index (χ0) is 15.4. The monoisotopic (exact) mass is 360 g/mol. The molecule has 0 aliphatic carbocycles. The van der Waals surface area contributed by atoms with Crippen LogP contribution in [0.2, 0.25) is 0 Å². The lowest BCUT2D eigenvalue weighted by Crippen LogP contribution is -2.48. The van der Waals surface area contributed by atoms with Gasteiger partial charge in [-0.1, -0.05) is 15.9 Å². The first kappa shape index (κ1) is 15.9. The summed E-state index contributed by atoms with van der Waals surface area (Å²) in [5, 5.41) is 11.3. The Kier molecular flexibility index (Phi) is 5.27. The Bertz CT molecular complexity index is 555. The fourth-order valence-corrected chi connectivity index (χ4v) is 2.31. The van der Waals surface area contributed by atoms with Crippen LogP contribution in [0.25, 0.3) is 0 Å². The van der Waals surface area contributed by atoms with Gasteiger partial charge in [-0.2, -0.15) is 0 Å². The third-order valence-corrected chi connectivity index (χ3v) is 3.49. The predicted octanol–water partition coefficient (Wildman–Crippen LogP) is 1.31. The van der Waals surface area contributed by atoms with E-state index >= 15 is 0 Å². The summed E-state index contributed by atoms with van der Waals surface area (Å²) in [6.07, 6.45) is -0.934. The summed E-state index contributed by atoms with van der Waals surface area (Å²) >= 11 is 3.13. The number of amides is 1. The molecule has 2 rings (SSSR count). The summed E-state index contributed by atoms with van der Waals surface area (Å²) in [6.45, 7) is 0.825. The molecule has 1 aromatic rings. The van der Waals surface area contributed by atoms with Crippen molar-refractivity contribution >= 4 is 33.5 Å². The van der Waals surface area contributed by atoms with Gasteiger partial charge < -0.3 is 15.2 Å². The summed E-state index contributed by atoms with van der Waals surface area (Å²) in [5.74, 6) is -2.00. The maximum Gasteiger partial charge on any atom is 0.334 e. The van der Waals surface area contributed by atoms with E-state index in [-0.39, 0.29) is 25.4 Å². The van der Waals surface area contributed by atoms with Gasteiger partial charge in [-0.25, -0.2) is 9.18 Å². The van der Waals surface area contributed by atoms with Crippen LogP contribution in [0.5, 0.6) is 0 Å². The summed E-state index contributed by atoms with van der Waals surface area (Å²) in [6, 6.07) is 4.33. The van der Waals surface area contributed by atoms with Crippen molar-refractivity contribution in [3.8, 4) is 0 Å². The van der Waals surface area contributed by atoms with Gasteiger partial charge >= 0.3 is 5.97 Å². The van der Waals surface area contributed by atoms with Crippen molar-refractivity contribution in [2.75, 3.05) is 31.6 Å². The van der Waals surface area contributed by atoms with Crippen LogP contribution in [0.15, 0.2) is 22.7 Å². The Labute approximate surface area is 129 Å². The van der Waals surface area contributed by atoms with Crippen molar-refractivity contribution in [3.05, 3.63) is 28.5 Å². The SMILES string of the molecule is O=C(CN1CCOC(C(=O)O)C1)Nc1ccc(Br)cc1F. The lowest BCUT2D eigenvalue weighted by Gasteiger charge is -2.30. The Morgan fingerprint density at radius 3 is 2.95 bits per heavy atom. The third-order valence-electron chi connectivity index (χ3n) is 3.00. The molecule has 0 saturated carbocycles. The molecule has 114 valence electrons. The first-order valence-corrected chi connectivity index (χ1v) is 7.06. The van der Waals surface area contributed by atoms with E-state index in [2.05, 4.69) is 21.2 Å². The maximum absolute atomic E-state index is 13.6. The van der Waals surface area contributed by atoms with Crippen molar-refractivity contribution in [1.82, 2.24) is 4.90 Å². The van der Waals surface area contributed by atoms with Crippen LogP contribution in [0, 0.1) is 5.82 Å². The fourth-order valence-electron chi connectivity index (χ4n) is 1.98. The van der Waals surface area contributed by atoms with Crippen molar-refractivity contribution in [2.45, 2.75) is 6.10 Å². The van der Waals surface area contributed by atoms with Gasteiger partial charge in [0.1, 0.15) is 5.82 Å². The minimum Gasteiger partial charge on any atom is -0.479 e. The molecule has 1 fully saturated rings. The highest BCUT2D eigenvalue weighted by molar-refractivity contribution is 9.10. The Morgan fingerprint density at radius 2 is 2.29 bits per heavy atom. The molecule has 8 heteroatoms. The first-order valence-electron chi connectivity index (χ1n) is 6.27. The maximum atomic E-state index is 13.6. The summed E-state index contributed by atoms with van der Waals surface area (Å²) < 4.78 is 19.2. The van der Waals surface area contributed by atoms with E-state index in [0.717, 1.165) is 0 Å². The topological polar surface area (TPSA) is 78.9 Å². The number of hydrogen-bond acceptors (Lipinski definition) is 4. The molecule has 1 aliphatic rings. The fraction of sp³-hybridized carbons (Fsp3) is 0.385. The number of nitrogens with one attached hydrogen (secondary N) is 1. The van der Waals surface area contributed by atoms with Gasteiger partial charge in [0, 0.05) is 17.6 Å². The largest absolute Gasteiger partial charge is 0.479 e. The number of carbonyl (C=O) groups is 2. The first-order chi connectivity index (χ1) is 9.95. The minimum absolute atomic E-state index is 0.0113. The van der Waals surface area contributed by atoms with E-state index in [1.807, 2.05) is 0 Å². The lowest BCUT2D eigenvalue weighted by molar-refractivity contribution is -0.156. The van der Waals surface area contributed by atoms with Crippen LogP contribution in [0.4, 0.5) is 10.1 Å². The second-order valence-corrected chi connectivity index (χ2v) is 5.52. The number of rotatable bonds is 4. The molecule has 1 aliphatic heterocycles. The average Bonchev–Trinajstić information content (AvgIpc) is 2.42. The van der Waals surface area contributed by atoms with Gasteiger partial charge in [0.15, 0.2) is 6.10 Å². The molecule has 1 aromatic carbocycles. The quantitative estimate of drug-likeness (QED) is 0.846. The third kappa shape index (κ3) is 4.48. The molecule has 21 heavy (non-hydrogen) atoms. The molecule has 1 atom stereocenters. The van der Waals surface area contributed by atoms with Crippen LogP contribution >= 0.6 is 15.9 Å². The predicted molar refractivity (Wildman–Crippen MR) is 76.5 cm³/mol. The molecule has 1 unspecified atom stereocenters. The zero-order valence-electron chi connectivity index (χ0n) is 11.0. The number of carbonyl (C=O) groups excluding carboxylic acids is 1. The van der Waals surface area contributed by atoms with Gasteiger partial charge in [0.2, 0.25) is 5.91 Å². The van der Waals surface area contributed by atoms with Crippen LogP contribution < -0.4 is 5.32 Å². The number of nitrogens with zero attached hydrogens (tertiary/aromatic N) is 1. The van der Waals surface area contributed by atoms with Crippen molar-refractivity contribution in [3.63, 3.8) is 0 Å². The molecule has 1 amide bonds. The molecule has 0 radical (unpaired) electrons. The lowest BCUT2D eigenvalue weighted by atomic mass is 10.2. The number of benzene rings is 1. The molecular formula is C13H14BrFN2O4. The van der Waals surface area contributed by atoms with Gasteiger partial charge in [0.05, 0.1) is 18.8 Å². The Morgan fingerprint density at radius 1 is 1.52 bits per heavy atom. The normalized spacial score (nSPS) is 19.2. The second-order valence-electron chi connectivity index (χ2n) is 4.61.